The van der Waals surface area contributed by atoms with Crippen molar-refractivity contribution in [2.24, 2.45) is 0 Å². The molecule has 156 valence electrons. The van der Waals surface area contributed by atoms with E-state index in [9.17, 15) is 14.4 Å². The summed E-state index contributed by atoms with van der Waals surface area (Å²) in [6.07, 6.45) is -0.140. The van der Waals surface area contributed by atoms with Crippen molar-refractivity contribution in [3.63, 3.8) is 0 Å². The zero-order chi connectivity index (χ0) is 21.8. The molecule has 1 heterocycles. The SMILES string of the molecule is CC[C@@H](C)c1ccccc1NC(=O)[C@@H](C)OC(=O)c1cc(=O)c2cc(C)ccc2o1. The normalized spacial score (nSPS) is 12.9. The van der Waals surface area contributed by atoms with E-state index in [0.29, 0.717) is 16.7 Å². The molecule has 3 aromatic rings. The molecule has 2 atom stereocenters. The van der Waals surface area contributed by atoms with E-state index < -0.39 is 18.0 Å². The second-order valence-corrected chi connectivity index (χ2v) is 7.41. The Morgan fingerprint density at radius 2 is 1.83 bits per heavy atom. The first-order chi connectivity index (χ1) is 14.3. The molecule has 0 aliphatic heterocycles. The van der Waals surface area contributed by atoms with Gasteiger partial charge in [-0.1, -0.05) is 43.7 Å². The van der Waals surface area contributed by atoms with Gasteiger partial charge in [0, 0.05) is 11.8 Å². The van der Waals surface area contributed by atoms with Crippen LogP contribution in [-0.2, 0) is 9.53 Å². The highest BCUT2D eigenvalue weighted by Gasteiger charge is 2.22. The molecule has 0 aliphatic rings. The van der Waals surface area contributed by atoms with Gasteiger partial charge in [0.15, 0.2) is 11.5 Å². The molecule has 0 fully saturated rings. The van der Waals surface area contributed by atoms with Crippen LogP contribution in [0.1, 0.15) is 54.8 Å². The summed E-state index contributed by atoms with van der Waals surface area (Å²) in [6, 6.07) is 13.7. The van der Waals surface area contributed by atoms with Gasteiger partial charge in [0.2, 0.25) is 5.76 Å². The van der Waals surface area contributed by atoms with E-state index in [1.165, 1.54) is 6.92 Å². The van der Waals surface area contributed by atoms with Crippen LogP contribution in [0.15, 0.2) is 57.7 Å². The van der Waals surface area contributed by atoms with Gasteiger partial charge in [-0.2, -0.15) is 0 Å². The average Bonchev–Trinajstić information content (AvgIpc) is 2.73. The lowest BCUT2D eigenvalue weighted by molar-refractivity contribution is -0.123. The van der Waals surface area contributed by atoms with Crippen LogP contribution in [0, 0.1) is 6.92 Å². The summed E-state index contributed by atoms with van der Waals surface area (Å²) in [5.74, 6) is -1.30. The molecular weight excluding hydrogens is 382 g/mol. The predicted octanol–water partition coefficient (Wildman–Crippen LogP) is 4.80. The molecule has 2 aromatic carbocycles. The van der Waals surface area contributed by atoms with Gasteiger partial charge >= 0.3 is 5.97 Å². The Kier molecular flexibility index (Phi) is 6.35. The zero-order valence-corrected chi connectivity index (χ0v) is 17.5. The number of rotatable bonds is 6. The van der Waals surface area contributed by atoms with Crippen LogP contribution in [0.25, 0.3) is 11.0 Å². The minimum absolute atomic E-state index is 0.240. The third kappa shape index (κ3) is 4.59. The molecule has 1 amide bonds. The maximum absolute atomic E-state index is 12.6. The number of ether oxygens (including phenoxy) is 1. The lowest BCUT2D eigenvalue weighted by atomic mass is 9.97. The largest absolute Gasteiger partial charge is 0.449 e. The third-order valence-corrected chi connectivity index (χ3v) is 5.10. The first kappa shape index (κ1) is 21.3. The maximum Gasteiger partial charge on any atom is 0.375 e. The lowest BCUT2D eigenvalue weighted by Crippen LogP contribution is -2.30. The number of para-hydroxylation sites is 1. The number of esters is 1. The molecule has 0 saturated carbocycles. The summed E-state index contributed by atoms with van der Waals surface area (Å²) in [5, 5.41) is 3.21. The van der Waals surface area contributed by atoms with Gasteiger partial charge in [0.05, 0.1) is 5.39 Å². The van der Waals surface area contributed by atoms with Crippen LogP contribution in [0.2, 0.25) is 0 Å². The third-order valence-electron chi connectivity index (χ3n) is 5.10. The van der Waals surface area contributed by atoms with Crippen molar-refractivity contribution in [3.8, 4) is 0 Å². The fraction of sp³-hybridized carbons (Fsp3) is 0.292. The minimum atomic E-state index is -1.07. The van der Waals surface area contributed by atoms with Crippen LogP contribution >= 0.6 is 0 Å². The summed E-state index contributed by atoms with van der Waals surface area (Å²) in [5.41, 5.74) is 2.56. The van der Waals surface area contributed by atoms with Crippen molar-refractivity contribution >= 4 is 28.5 Å². The molecule has 0 saturated heterocycles. The number of fused-ring (bicyclic) bond motifs is 1. The number of aryl methyl sites for hydroxylation is 1. The van der Waals surface area contributed by atoms with Crippen LogP contribution in [0.4, 0.5) is 5.69 Å². The number of hydrogen-bond acceptors (Lipinski definition) is 5. The fourth-order valence-corrected chi connectivity index (χ4v) is 3.14. The van der Waals surface area contributed by atoms with Crippen LogP contribution in [-0.4, -0.2) is 18.0 Å². The Morgan fingerprint density at radius 3 is 2.57 bits per heavy atom. The van der Waals surface area contributed by atoms with Crippen molar-refractivity contribution in [1.29, 1.82) is 0 Å². The lowest BCUT2D eigenvalue weighted by Gasteiger charge is -2.18. The van der Waals surface area contributed by atoms with E-state index >= 15 is 0 Å². The standard InChI is InChI=1S/C24H25NO5/c1-5-15(3)17-8-6-7-9-19(17)25-23(27)16(4)29-24(28)22-13-20(26)18-12-14(2)10-11-21(18)30-22/h6-13,15-16H,5H2,1-4H3,(H,25,27)/t15-,16-/m1/s1. The second-order valence-electron chi connectivity index (χ2n) is 7.41. The molecule has 0 spiro atoms. The molecule has 0 bridgehead atoms. The van der Waals surface area contributed by atoms with E-state index in [2.05, 4.69) is 19.2 Å². The van der Waals surface area contributed by atoms with Gasteiger partial charge in [-0.15, -0.1) is 0 Å². The monoisotopic (exact) mass is 407 g/mol. The Morgan fingerprint density at radius 1 is 1.10 bits per heavy atom. The van der Waals surface area contributed by atoms with Gasteiger partial charge in [-0.05, 0) is 49.9 Å². The van der Waals surface area contributed by atoms with Gasteiger partial charge in [-0.3, -0.25) is 9.59 Å². The predicted molar refractivity (Wildman–Crippen MR) is 116 cm³/mol. The zero-order valence-electron chi connectivity index (χ0n) is 17.5. The van der Waals surface area contributed by atoms with E-state index in [1.54, 1.807) is 18.2 Å². The number of nitrogens with one attached hydrogen (secondary N) is 1. The Hall–Kier alpha value is -3.41. The maximum atomic E-state index is 12.6. The van der Waals surface area contributed by atoms with Crippen molar-refractivity contribution in [3.05, 3.63) is 75.6 Å². The Balaban J connectivity index is 1.75. The van der Waals surface area contributed by atoms with Crippen LogP contribution in [0.3, 0.4) is 0 Å². The van der Waals surface area contributed by atoms with Gasteiger partial charge in [0.1, 0.15) is 5.58 Å². The molecular formula is C24H25NO5. The minimum Gasteiger partial charge on any atom is -0.449 e. The molecule has 0 aliphatic carbocycles. The number of amides is 1. The molecule has 3 rings (SSSR count). The highest BCUT2D eigenvalue weighted by Crippen LogP contribution is 2.26. The highest BCUT2D eigenvalue weighted by atomic mass is 16.6. The number of carbonyl (C=O) groups excluding carboxylic acids is 2. The number of hydrogen-bond donors (Lipinski definition) is 1. The second kappa shape index (κ2) is 8.95. The highest BCUT2D eigenvalue weighted by molar-refractivity contribution is 5.97. The fourth-order valence-electron chi connectivity index (χ4n) is 3.14. The smallest absolute Gasteiger partial charge is 0.375 e. The number of anilines is 1. The molecule has 1 N–H and O–H groups in total. The summed E-state index contributed by atoms with van der Waals surface area (Å²) in [7, 11) is 0. The molecule has 6 nitrogen and oxygen atoms in total. The average molecular weight is 407 g/mol. The molecule has 0 radical (unpaired) electrons. The van der Waals surface area contributed by atoms with Crippen molar-refractivity contribution in [1.82, 2.24) is 0 Å². The van der Waals surface area contributed by atoms with Crippen LogP contribution < -0.4 is 10.7 Å². The topological polar surface area (TPSA) is 85.6 Å². The van der Waals surface area contributed by atoms with Gasteiger partial charge in [0.25, 0.3) is 5.91 Å². The summed E-state index contributed by atoms with van der Waals surface area (Å²) in [6.45, 7) is 7.49. The molecule has 30 heavy (non-hydrogen) atoms. The van der Waals surface area contributed by atoms with Crippen molar-refractivity contribution in [2.75, 3.05) is 5.32 Å². The summed E-state index contributed by atoms with van der Waals surface area (Å²) >= 11 is 0. The quantitative estimate of drug-likeness (QED) is 0.593. The first-order valence-electron chi connectivity index (χ1n) is 9.95. The van der Waals surface area contributed by atoms with Crippen molar-refractivity contribution in [2.45, 2.75) is 46.1 Å². The van der Waals surface area contributed by atoms with E-state index in [-0.39, 0.29) is 17.1 Å². The van der Waals surface area contributed by atoms with Gasteiger partial charge < -0.3 is 14.5 Å². The Bertz CT molecular complexity index is 1150. The number of benzene rings is 2. The van der Waals surface area contributed by atoms with Crippen molar-refractivity contribution < 1.29 is 18.7 Å². The van der Waals surface area contributed by atoms with E-state index in [4.69, 9.17) is 9.15 Å². The molecule has 0 unspecified atom stereocenters. The summed E-state index contributed by atoms with van der Waals surface area (Å²) < 4.78 is 10.8. The first-order valence-corrected chi connectivity index (χ1v) is 9.95. The summed E-state index contributed by atoms with van der Waals surface area (Å²) in [4.78, 5) is 37.3. The van der Waals surface area contributed by atoms with Gasteiger partial charge in [-0.25, -0.2) is 4.79 Å². The van der Waals surface area contributed by atoms with E-state index in [0.717, 1.165) is 23.6 Å². The molecule has 1 aromatic heterocycles. The van der Waals surface area contributed by atoms with E-state index in [1.807, 2.05) is 31.2 Å². The Labute approximate surface area is 174 Å². The van der Waals surface area contributed by atoms with Crippen LogP contribution in [0.5, 0.6) is 0 Å². The number of carbonyl (C=O) groups is 2. The molecule has 6 heteroatoms.